The monoisotopic (exact) mass is 410 g/mol. The Morgan fingerprint density at radius 2 is 1.53 bits per heavy atom. The average molecular weight is 411 g/mol. The fourth-order valence-electron chi connectivity index (χ4n) is 3.94. The van der Waals surface area contributed by atoms with Gasteiger partial charge in [-0.1, -0.05) is 64.7 Å². The van der Waals surface area contributed by atoms with Gasteiger partial charge in [-0.25, -0.2) is 0 Å². The Bertz CT molecular complexity index is 839. The number of ether oxygens (including phenoxy) is 3. The molecule has 0 bridgehead atoms. The van der Waals surface area contributed by atoms with Crippen molar-refractivity contribution in [2.75, 3.05) is 21.3 Å². The van der Waals surface area contributed by atoms with Crippen LogP contribution >= 0.6 is 0 Å². The highest BCUT2D eigenvalue weighted by atomic mass is 16.5. The summed E-state index contributed by atoms with van der Waals surface area (Å²) >= 11 is 0. The van der Waals surface area contributed by atoms with Crippen molar-refractivity contribution in [2.45, 2.75) is 65.2 Å². The lowest BCUT2D eigenvalue weighted by Gasteiger charge is -2.28. The first kappa shape index (κ1) is 23.9. The minimum absolute atomic E-state index is 0.0401. The van der Waals surface area contributed by atoms with Crippen molar-refractivity contribution in [3.05, 3.63) is 48.0 Å². The number of hydrogen-bond acceptors (Lipinski definition) is 3. The molecule has 0 unspecified atom stereocenters. The van der Waals surface area contributed by atoms with Gasteiger partial charge in [0.25, 0.3) is 0 Å². The fourth-order valence-corrected chi connectivity index (χ4v) is 3.94. The maximum absolute atomic E-state index is 5.88. The molecule has 164 valence electrons. The van der Waals surface area contributed by atoms with Gasteiger partial charge in [0.15, 0.2) is 0 Å². The minimum atomic E-state index is 0.0401. The summed E-state index contributed by atoms with van der Waals surface area (Å²) in [6.07, 6.45) is 6.18. The Morgan fingerprint density at radius 3 is 2.03 bits per heavy atom. The number of rotatable bonds is 11. The molecule has 0 fully saturated rings. The van der Waals surface area contributed by atoms with Gasteiger partial charge < -0.3 is 14.2 Å². The van der Waals surface area contributed by atoms with Crippen LogP contribution in [0.1, 0.15) is 70.9 Å². The Kier molecular flexibility index (Phi) is 8.40. The van der Waals surface area contributed by atoms with Gasteiger partial charge in [-0.3, -0.25) is 0 Å². The van der Waals surface area contributed by atoms with Crippen molar-refractivity contribution >= 4 is 5.57 Å². The van der Waals surface area contributed by atoms with Gasteiger partial charge in [0.2, 0.25) is 0 Å². The van der Waals surface area contributed by atoms with Gasteiger partial charge in [0.05, 0.1) is 26.9 Å². The van der Waals surface area contributed by atoms with Crippen LogP contribution in [0.15, 0.2) is 36.9 Å². The van der Waals surface area contributed by atoms with Crippen LogP contribution in [0.2, 0.25) is 0 Å². The molecule has 0 aromatic heterocycles. The zero-order valence-electron chi connectivity index (χ0n) is 19.9. The lowest BCUT2D eigenvalue weighted by molar-refractivity contribution is 0.388. The molecule has 3 nitrogen and oxygen atoms in total. The zero-order valence-corrected chi connectivity index (χ0v) is 19.9. The number of benzene rings is 2. The third kappa shape index (κ3) is 5.38. The topological polar surface area (TPSA) is 27.7 Å². The van der Waals surface area contributed by atoms with Crippen molar-refractivity contribution in [3.8, 4) is 28.4 Å². The molecule has 0 aliphatic heterocycles. The molecule has 2 rings (SSSR count). The van der Waals surface area contributed by atoms with Crippen LogP contribution in [0.25, 0.3) is 16.7 Å². The van der Waals surface area contributed by atoms with Gasteiger partial charge in [-0.15, -0.1) is 0 Å². The second kappa shape index (κ2) is 10.6. The van der Waals surface area contributed by atoms with Gasteiger partial charge in [-0.05, 0) is 54.2 Å². The molecule has 0 saturated carbocycles. The fraction of sp³-hybridized carbons (Fsp3) is 0.481. The molecule has 0 atom stereocenters. The summed E-state index contributed by atoms with van der Waals surface area (Å²) in [6, 6.07) is 10.4. The number of methoxy groups -OCH3 is 3. The molecule has 0 spiro atoms. The van der Waals surface area contributed by atoms with E-state index in [0.717, 1.165) is 45.9 Å². The zero-order chi connectivity index (χ0) is 22.3. The molecule has 0 aliphatic carbocycles. The van der Waals surface area contributed by atoms with Crippen LogP contribution in [0.4, 0.5) is 0 Å². The van der Waals surface area contributed by atoms with Crippen LogP contribution in [0, 0.1) is 0 Å². The predicted molar refractivity (Wildman–Crippen MR) is 128 cm³/mol. The van der Waals surface area contributed by atoms with Crippen molar-refractivity contribution < 1.29 is 14.2 Å². The molecule has 3 heteroatoms. The third-order valence-electron chi connectivity index (χ3n) is 5.90. The molecule has 2 aromatic carbocycles. The van der Waals surface area contributed by atoms with E-state index in [1.807, 2.05) is 25.1 Å². The van der Waals surface area contributed by atoms with Gasteiger partial charge in [-0.2, -0.15) is 0 Å². The molecule has 30 heavy (non-hydrogen) atoms. The molecule has 2 aromatic rings. The number of allylic oxidation sites excluding steroid dienone is 1. The van der Waals surface area contributed by atoms with Gasteiger partial charge in [0, 0.05) is 5.56 Å². The van der Waals surface area contributed by atoms with E-state index in [1.54, 1.807) is 21.3 Å². The van der Waals surface area contributed by atoms with E-state index in [9.17, 15) is 0 Å². The maximum atomic E-state index is 5.88. The van der Waals surface area contributed by atoms with E-state index in [2.05, 4.69) is 39.5 Å². The van der Waals surface area contributed by atoms with E-state index >= 15 is 0 Å². The standard InChI is InChI=1S/C27H38O3/c1-9-10-11-12-15-27(4,5)20-16-24(29-7)26(25(17-20)30-8)23-18-21(28-6)13-14-22(23)19(2)3/h13-14,16-18H,2,9-12,15H2,1,3-8H3. The second-order valence-corrected chi connectivity index (χ2v) is 8.64. The maximum Gasteiger partial charge on any atom is 0.130 e. The highest BCUT2D eigenvalue weighted by molar-refractivity contribution is 5.87. The summed E-state index contributed by atoms with van der Waals surface area (Å²) in [7, 11) is 5.12. The van der Waals surface area contributed by atoms with Crippen LogP contribution in [0.5, 0.6) is 17.2 Å². The summed E-state index contributed by atoms with van der Waals surface area (Å²) in [5, 5.41) is 0. The van der Waals surface area contributed by atoms with Gasteiger partial charge >= 0.3 is 0 Å². The van der Waals surface area contributed by atoms with Crippen molar-refractivity contribution in [1.82, 2.24) is 0 Å². The van der Waals surface area contributed by atoms with Crippen LogP contribution in [0.3, 0.4) is 0 Å². The summed E-state index contributed by atoms with van der Waals surface area (Å²) in [5.74, 6) is 2.41. The molecule has 0 aliphatic rings. The average Bonchev–Trinajstić information content (AvgIpc) is 2.75. The quantitative estimate of drug-likeness (QED) is 0.356. The molecular weight excluding hydrogens is 372 g/mol. The largest absolute Gasteiger partial charge is 0.497 e. The first-order valence-corrected chi connectivity index (χ1v) is 10.9. The van der Waals surface area contributed by atoms with E-state index in [1.165, 1.54) is 31.2 Å². The predicted octanol–water partition coefficient (Wildman–Crippen LogP) is 7.66. The molecule has 0 heterocycles. The number of hydrogen-bond donors (Lipinski definition) is 0. The second-order valence-electron chi connectivity index (χ2n) is 8.64. The molecule has 0 amide bonds. The Hall–Kier alpha value is -2.42. The van der Waals surface area contributed by atoms with Crippen LogP contribution < -0.4 is 14.2 Å². The Morgan fingerprint density at radius 1 is 0.900 bits per heavy atom. The first-order valence-electron chi connectivity index (χ1n) is 10.9. The Labute approximate surface area is 183 Å². The summed E-state index contributed by atoms with van der Waals surface area (Å²) < 4.78 is 17.2. The minimum Gasteiger partial charge on any atom is -0.497 e. The number of unbranched alkanes of at least 4 members (excludes halogenated alkanes) is 3. The van der Waals surface area contributed by atoms with Gasteiger partial charge in [0.1, 0.15) is 17.2 Å². The molecule has 0 saturated heterocycles. The van der Waals surface area contributed by atoms with E-state index < -0.39 is 0 Å². The van der Waals surface area contributed by atoms with E-state index in [0.29, 0.717) is 0 Å². The highest BCUT2D eigenvalue weighted by Gasteiger charge is 2.25. The van der Waals surface area contributed by atoms with Crippen LogP contribution in [-0.2, 0) is 5.41 Å². The summed E-state index contributed by atoms with van der Waals surface area (Å²) in [6.45, 7) is 13.0. The first-order chi connectivity index (χ1) is 14.3. The molecule has 0 radical (unpaired) electrons. The van der Waals surface area contributed by atoms with E-state index in [4.69, 9.17) is 14.2 Å². The van der Waals surface area contributed by atoms with Crippen molar-refractivity contribution in [1.29, 1.82) is 0 Å². The van der Waals surface area contributed by atoms with Crippen molar-refractivity contribution in [3.63, 3.8) is 0 Å². The summed E-state index contributed by atoms with van der Waals surface area (Å²) in [4.78, 5) is 0. The third-order valence-corrected chi connectivity index (χ3v) is 5.90. The normalized spacial score (nSPS) is 11.3. The highest BCUT2D eigenvalue weighted by Crippen LogP contribution is 2.46. The Balaban J connectivity index is 2.60. The smallest absolute Gasteiger partial charge is 0.130 e. The molecular formula is C27H38O3. The van der Waals surface area contributed by atoms with Crippen molar-refractivity contribution in [2.24, 2.45) is 0 Å². The SMILES string of the molecule is C=C(C)c1ccc(OC)cc1-c1c(OC)cc(C(C)(C)CCCCCC)cc1OC. The summed E-state index contributed by atoms with van der Waals surface area (Å²) in [5.41, 5.74) is 5.25. The molecule has 0 N–H and O–H groups in total. The van der Waals surface area contributed by atoms with Crippen LogP contribution in [-0.4, -0.2) is 21.3 Å². The lowest BCUT2D eigenvalue weighted by atomic mass is 9.79. The lowest BCUT2D eigenvalue weighted by Crippen LogP contribution is -2.17. The van der Waals surface area contributed by atoms with E-state index in [-0.39, 0.29) is 5.41 Å².